The molecule has 2 aromatic carbocycles. The van der Waals surface area contributed by atoms with Crippen LogP contribution in [0, 0.1) is 0 Å². The standard InChI is InChI=1S/C23H18N2O4S2/c1-25-21(26)19(14-17-12-13-20(29-17)30-18-6-4-3-5-7-18)31-23(25)24-16-10-8-15(9-11-16)22(27)28-2/h3-14H,1-2H3/b19-14+,24-23?. The summed E-state index contributed by atoms with van der Waals surface area (Å²) >= 11 is 2.79. The van der Waals surface area contributed by atoms with Crippen LogP contribution in [0.15, 0.2) is 91.0 Å². The number of hydrogen-bond donors (Lipinski definition) is 0. The van der Waals surface area contributed by atoms with E-state index >= 15 is 0 Å². The molecule has 0 atom stereocenters. The average Bonchev–Trinajstić information content (AvgIpc) is 3.34. The van der Waals surface area contributed by atoms with E-state index in [1.807, 2.05) is 42.5 Å². The van der Waals surface area contributed by atoms with Gasteiger partial charge in [-0.1, -0.05) is 30.0 Å². The summed E-state index contributed by atoms with van der Waals surface area (Å²) in [5.41, 5.74) is 1.08. The number of carbonyl (C=O) groups excluding carboxylic acids is 2. The summed E-state index contributed by atoms with van der Waals surface area (Å²) in [6.07, 6.45) is 1.72. The number of rotatable bonds is 5. The minimum atomic E-state index is -0.407. The van der Waals surface area contributed by atoms with Crippen molar-refractivity contribution in [3.63, 3.8) is 0 Å². The molecule has 0 unspecified atom stereocenters. The zero-order valence-electron chi connectivity index (χ0n) is 16.8. The monoisotopic (exact) mass is 450 g/mol. The number of ether oxygens (including phenoxy) is 1. The van der Waals surface area contributed by atoms with Crippen molar-refractivity contribution in [2.24, 2.45) is 4.99 Å². The molecular weight excluding hydrogens is 432 g/mol. The first kappa shape index (κ1) is 21.0. The van der Waals surface area contributed by atoms with Crippen LogP contribution in [0.4, 0.5) is 5.69 Å². The third-order valence-electron chi connectivity index (χ3n) is 4.35. The summed E-state index contributed by atoms with van der Waals surface area (Å²) in [6, 6.07) is 20.4. The van der Waals surface area contributed by atoms with Crippen molar-refractivity contribution in [2.75, 3.05) is 14.2 Å². The first-order chi connectivity index (χ1) is 15.0. The average molecular weight is 451 g/mol. The number of benzene rings is 2. The molecule has 156 valence electrons. The van der Waals surface area contributed by atoms with E-state index in [-0.39, 0.29) is 5.91 Å². The van der Waals surface area contributed by atoms with Gasteiger partial charge in [-0.3, -0.25) is 9.69 Å². The fourth-order valence-corrected chi connectivity index (χ4v) is 4.52. The smallest absolute Gasteiger partial charge is 0.337 e. The number of esters is 1. The topological polar surface area (TPSA) is 72.1 Å². The number of carbonyl (C=O) groups is 2. The highest BCUT2D eigenvalue weighted by molar-refractivity contribution is 8.18. The lowest BCUT2D eigenvalue weighted by Crippen LogP contribution is -2.23. The van der Waals surface area contributed by atoms with Crippen LogP contribution in [0.25, 0.3) is 6.08 Å². The third-order valence-corrected chi connectivity index (χ3v) is 6.34. The molecule has 4 rings (SSSR count). The Kier molecular flexibility index (Phi) is 6.29. The van der Waals surface area contributed by atoms with Gasteiger partial charge in [0.1, 0.15) is 5.76 Å². The van der Waals surface area contributed by atoms with Crippen LogP contribution in [-0.2, 0) is 9.53 Å². The van der Waals surface area contributed by atoms with Crippen LogP contribution >= 0.6 is 23.5 Å². The van der Waals surface area contributed by atoms with Gasteiger partial charge in [-0.25, -0.2) is 9.79 Å². The molecule has 1 fully saturated rings. The maximum Gasteiger partial charge on any atom is 0.337 e. The van der Waals surface area contributed by atoms with Gasteiger partial charge in [-0.05, 0) is 60.3 Å². The van der Waals surface area contributed by atoms with Crippen LogP contribution in [0.3, 0.4) is 0 Å². The molecule has 6 nitrogen and oxygen atoms in total. The molecule has 1 amide bonds. The normalized spacial score (nSPS) is 16.3. The van der Waals surface area contributed by atoms with Crippen molar-refractivity contribution >= 4 is 52.3 Å². The lowest BCUT2D eigenvalue weighted by molar-refractivity contribution is -0.121. The maximum absolute atomic E-state index is 12.6. The molecular formula is C23H18N2O4S2. The van der Waals surface area contributed by atoms with Crippen LogP contribution < -0.4 is 0 Å². The van der Waals surface area contributed by atoms with Gasteiger partial charge in [-0.15, -0.1) is 0 Å². The summed E-state index contributed by atoms with van der Waals surface area (Å²) < 4.78 is 10.5. The largest absolute Gasteiger partial charge is 0.465 e. The van der Waals surface area contributed by atoms with E-state index < -0.39 is 5.97 Å². The van der Waals surface area contributed by atoms with Gasteiger partial charge in [0.05, 0.1) is 23.3 Å². The van der Waals surface area contributed by atoms with E-state index in [1.54, 1.807) is 37.4 Å². The summed E-state index contributed by atoms with van der Waals surface area (Å²) in [7, 11) is 3.01. The number of methoxy groups -OCH3 is 1. The highest BCUT2D eigenvalue weighted by atomic mass is 32.2. The van der Waals surface area contributed by atoms with E-state index in [0.29, 0.717) is 27.1 Å². The highest BCUT2D eigenvalue weighted by Crippen LogP contribution is 2.35. The molecule has 0 N–H and O–H groups in total. The van der Waals surface area contributed by atoms with E-state index in [9.17, 15) is 9.59 Å². The van der Waals surface area contributed by atoms with E-state index in [2.05, 4.69) is 4.99 Å². The van der Waals surface area contributed by atoms with E-state index in [1.165, 1.54) is 35.5 Å². The van der Waals surface area contributed by atoms with Gasteiger partial charge in [0.25, 0.3) is 5.91 Å². The van der Waals surface area contributed by atoms with Crippen molar-refractivity contribution in [3.05, 3.63) is 83.0 Å². The Balaban J connectivity index is 1.49. The second-order valence-electron chi connectivity index (χ2n) is 6.48. The number of aliphatic imine (C=N–C) groups is 1. The van der Waals surface area contributed by atoms with Crippen molar-refractivity contribution < 1.29 is 18.7 Å². The van der Waals surface area contributed by atoms with Crippen molar-refractivity contribution in [1.29, 1.82) is 0 Å². The quantitative estimate of drug-likeness (QED) is 0.380. The predicted octanol–water partition coefficient (Wildman–Crippen LogP) is 5.45. The molecule has 1 aliphatic rings. The number of furan rings is 1. The first-order valence-electron chi connectivity index (χ1n) is 9.31. The molecule has 0 radical (unpaired) electrons. The van der Waals surface area contributed by atoms with Gasteiger partial charge in [0, 0.05) is 18.0 Å². The van der Waals surface area contributed by atoms with Crippen LogP contribution in [0.5, 0.6) is 0 Å². The maximum atomic E-state index is 12.6. The fourth-order valence-electron chi connectivity index (χ4n) is 2.75. The Morgan fingerprint density at radius 3 is 2.55 bits per heavy atom. The molecule has 3 aromatic rings. The van der Waals surface area contributed by atoms with Crippen LogP contribution in [0.2, 0.25) is 0 Å². The Hall–Kier alpha value is -3.23. The van der Waals surface area contributed by atoms with Crippen LogP contribution in [0.1, 0.15) is 16.1 Å². The predicted molar refractivity (Wildman–Crippen MR) is 122 cm³/mol. The Morgan fingerprint density at radius 2 is 1.84 bits per heavy atom. The second kappa shape index (κ2) is 9.28. The number of amides is 1. The number of amidine groups is 1. The highest BCUT2D eigenvalue weighted by Gasteiger charge is 2.30. The Bertz CT molecular complexity index is 1170. The molecule has 0 aliphatic carbocycles. The number of likely N-dealkylation sites (N-methyl/N-ethyl adjacent to an activating group) is 1. The minimum absolute atomic E-state index is 0.149. The number of thioether (sulfide) groups is 1. The van der Waals surface area contributed by atoms with Gasteiger partial charge >= 0.3 is 5.97 Å². The lowest BCUT2D eigenvalue weighted by atomic mass is 10.2. The van der Waals surface area contributed by atoms with E-state index in [4.69, 9.17) is 9.15 Å². The number of nitrogens with zero attached hydrogens (tertiary/aromatic N) is 2. The van der Waals surface area contributed by atoms with E-state index in [0.717, 1.165) is 9.99 Å². The molecule has 8 heteroatoms. The molecule has 0 bridgehead atoms. The lowest BCUT2D eigenvalue weighted by Gasteiger charge is -2.07. The molecule has 31 heavy (non-hydrogen) atoms. The van der Waals surface area contributed by atoms with Crippen molar-refractivity contribution in [3.8, 4) is 0 Å². The first-order valence-corrected chi connectivity index (χ1v) is 10.9. The molecule has 1 aromatic heterocycles. The fraction of sp³-hybridized carbons (Fsp3) is 0.0870. The van der Waals surface area contributed by atoms with Crippen LogP contribution in [-0.4, -0.2) is 36.1 Å². The minimum Gasteiger partial charge on any atom is -0.465 e. The third kappa shape index (κ3) is 4.92. The molecule has 0 spiro atoms. The van der Waals surface area contributed by atoms with Crippen molar-refractivity contribution in [1.82, 2.24) is 4.90 Å². The Morgan fingerprint density at radius 1 is 1.10 bits per heavy atom. The van der Waals surface area contributed by atoms with Gasteiger partial charge in [0.2, 0.25) is 0 Å². The summed E-state index contributed by atoms with van der Waals surface area (Å²) in [5.74, 6) is 0.0464. The SMILES string of the molecule is COC(=O)c1ccc(N=C2S/C(=C/c3ccc(Sc4ccccc4)o3)C(=O)N2C)cc1. The van der Waals surface area contributed by atoms with Gasteiger partial charge in [-0.2, -0.15) is 0 Å². The molecule has 1 saturated heterocycles. The number of hydrogen-bond acceptors (Lipinski definition) is 7. The zero-order valence-corrected chi connectivity index (χ0v) is 18.4. The summed E-state index contributed by atoms with van der Waals surface area (Å²) in [4.78, 5) is 31.8. The summed E-state index contributed by atoms with van der Waals surface area (Å²) in [6.45, 7) is 0. The molecule has 0 saturated carbocycles. The molecule has 2 heterocycles. The summed E-state index contributed by atoms with van der Waals surface area (Å²) in [5, 5.41) is 1.30. The molecule has 1 aliphatic heterocycles. The van der Waals surface area contributed by atoms with Gasteiger partial charge < -0.3 is 9.15 Å². The zero-order chi connectivity index (χ0) is 21.8. The Labute approximate surface area is 188 Å². The second-order valence-corrected chi connectivity index (χ2v) is 8.57. The van der Waals surface area contributed by atoms with Gasteiger partial charge in [0.15, 0.2) is 10.3 Å². The van der Waals surface area contributed by atoms with Crippen molar-refractivity contribution in [2.45, 2.75) is 9.99 Å².